The average molecular weight is 383 g/mol. The SMILES string of the molecule is C[C@H](Sc1nnc(-c2cccnc2)n1C)C(=O)C12CC3CC(CC(C3)C1)C2. The molecule has 6 rings (SSSR count). The average Bonchev–Trinajstić information content (AvgIpc) is 3.01. The van der Waals surface area contributed by atoms with E-state index < -0.39 is 0 Å². The zero-order chi connectivity index (χ0) is 18.6. The molecule has 0 radical (unpaired) electrons. The second-order valence-corrected chi connectivity index (χ2v) is 10.2. The van der Waals surface area contributed by atoms with Gasteiger partial charge in [0.05, 0.1) is 5.25 Å². The van der Waals surface area contributed by atoms with Crippen molar-refractivity contribution in [3.05, 3.63) is 24.5 Å². The summed E-state index contributed by atoms with van der Waals surface area (Å²) in [4.78, 5) is 17.7. The summed E-state index contributed by atoms with van der Waals surface area (Å²) in [7, 11) is 1.96. The molecular formula is C21H26N4OS. The van der Waals surface area contributed by atoms with Crippen LogP contribution in [-0.2, 0) is 11.8 Å². The Hall–Kier alpha value is -1.69. The van der Waals surface area contributed by atoms with Crippen LogP contribution in [0.5, 0.6) is 0 Å². The predicted molar refractivity (Wildman–Crippen MR) is 105 cm³/mol. The number of pyridine rings is 1. The fourth-order valence-corrected chi connectivity index (χ4v) is 7.22. The third-order valence-corrected chi connectivity index (χ3v) is 8.10. The molecule has 5 nitrogen and oxygen atoms in total. The third kappa shape index (κ3) is 2.93. The maximum atomic E-state index is 13.5. The second-order valence-electron chi connectivity index (χ2n) is 8.93. The van der Waals surface area contributed by atoms with Crippen molar-refractivity contribution < 1.29 is 4.79 Å². The Morgan fingerprint density at radius 2 is 1.85 bits per heavy atom. The van der Waals surface area contributed by atoms with Gasteiger partial charge in [0.15, 0.2) is 16.8 Å². The molecule has 4 saturated carbocycles. The van der Waals surface area contributed by atoms with Crippen molar-refractivity contribution in [3.63, 3.8) is 0 Å². The Labute approximate surface area is 164 Å². The quantitative estimate of drug-likeness (QED) is 0.727. The van der Waals surface area contributed by atoms with Gasteiger partial charge in [0.1, 0.15) is 0 Å². The van der Waals surface area contributed by atoms with Crippen LogP contribution in [0.4, 0.5) is 0 Å². The number of carbonyl (C=O) groups is 1. The lowest BCUT2D eigenvalue weighted by Crippen LogP contribution is -2.51. The molecule has 27 heavy (non-hydrogen) atoms. The number of carbonyl (C=O) groups excluding carboxylic acids is 1. The van der Waals surface area contributed by atoms with Crippen molar-refractivity contribution in [1.82, 2.24) is 19.7 Å². The van der Waals surface area contributed by atoms with Gasteiger partial charge in [0, 0.05) is 30.4 Å². The van der Waals surface area contributed by atoms with Gasteiger partial charge in [-0.05, 0) is 75.3 Å². The van der Waals surface area contributed by atoms with Gasteiger partial charge in [0.25, 0.3) is 0 Å². The number of hydrogen-bond donors (Lipinski definition) is 0. The van der Waals surface area contributed by atoms with Crippen LogP contribution in [0.1, 0.15) is 45.4 Å². The molecule has 2 heterocycles. The topological polar surface area (TPSA) is 60.7 Å². The van der Waals surface area contributed by atoms with Gasteiger partial charge >= 0.3 is 0 Å². The van der Waals surface area contributed by atoms with Crippen molar-refractivity contribution in [3.8, 4) is 11.4 Å². The first-order valence-corrected chi connectivity index (χ1v) is 10.9. The van der Waals surface area contributed by atoms with E-state index in [1.807, 2.05) is 23.7 Å². The van der Waals surface area contributed by atoms with E-state index in [4.69, 9.17) is 0 Å². The minimum atomic E-state index is -0.0779. The fourth-order valence-electron chi connectivity index (χ4n) is 6.22. The number of nitrogens with zero attached hydrogens (tertiary/aromatic N) is 4. The van der Waals surface area contributed by atoms with Crippen LogP contribution in [0.3, 0.4) is 0 Å². The molecule has 0 aromatic carbocycles. The standard InChI is InChI=1S/C21H26N4OS/c1-13(18(26)21-9-14-6-15(10-21)8-16(7-14)11-21)27-20-24-23-19(25(20)2)17-4-3-5-22-12-17/h3-5,12-16H,6-11H2,1-2H3/t13-,14?,15?,16?,21?/m0/s1. The molecule has 0 N–H and O–H groups in total. The van der Waals surface area contributed by atoms with Gasteiger partial charge in [-0.15, -0.1) is 10.2 Å². The highest BCUT2D eigenvalue weighted by Crippen LogP contribution is 2.61. The largest absolute Gasteiger partial charge is 0.305 e. The molecule has 6 heteroatoms. The molecule has 0 unspecified atom stereocenters. The Morgan fingerprint density at radius 3 is 2.44 bits per heavy atom. The molecule has 0 aliphatic heterocycles. The zero-order valence-corrected chi connectivity index (χ0v) is 16.8. The molecule has 1 atom stereocenters. The van der Waals surface area contributed by atoms with Gasteiger partial charge in [-0.1, -0.05) is 11.8 Å². The number of thioether (sulfide) groups is 1. The first-order valence-electron chi connectivity index (χ1n) is 10.0. The van der Waals surface area contributed by atoms with Crippen molar-refractivity contribution in [2.75, 3.05) is 0 Å². The summed E-state index contributed by atoms with van der Waals surface area (Å²) >= 11 is 1.56. The fraction of sp³-hybridized carbons (Fsp3) is 0.619. The van der Waals surface area contributed by atoms with Crippen molar-refractivity contribution in [2.45, 2.75) is 55.9 Å². The van der Waals surface area contributed by atoms with Crippen molar-refractivity contribution in [1.29, 1.82) is 0 Å². The van der Waals surface area contributed by atoms with Crippen LogP contribution >= 0.6 is 11.8 Å². The first-order chi connectivity index (χ1) is 13.0. The van der Waals surface area contributed by atoms with E-state index in [2.05, 4.69) is 22.1 Å². The van der Waals surface area contributed by atoms with Gasteiger partial charge in [-0.25, -0.2) is 0 Å². The van der Waals surface area contributed by atoms with E-state index >= 15 is 0 Å². The lowest BCUT2D eigenvalue weighted by atomic mass is 9.48. The van der Waals surface area contributed by atoms with E-state index in [1.54, 1.807) is 24.2 Å². The number of Topliss-reactive ketones (excluding diaryl/α,β-unsaturated/α-hetero) is 1. The second kappa shape index (κ2) is 6.43. The minimum absolute atomic E-state index is 0.0497. The maximum Gasteiger partial charge on any atom is 0.191 e. The van der Waals surface area contributed by atoms with Gasteiger partial charge < -0.3 is 4.57 Å². The lowest BCUT2D eigenvalue weighted by Gasteiger charge is -2.56. The molecule has 4 aliphatic rings. The summed E-state index contributed by atoms with van der Waals surface area (Å²) in [6.45, 7) is 2.06. The smallest absolute Gasteiger partial charge is 0.191 e. The number of hydrogen-bond acceptors (Lipinski definition) is 5. The van der Waals surface area contributed by atoms with Crippen LogP contribution in [0, 0.1) is 23.2 Å². The van der Waals surface area contributed by atoms with E-state index in [0.29, 0.717) is 5.78 Å². The van der Waals surface area contributed by atoms with Crippen LogP contribution in [0.15, 0.2) is 29.7 Å². The number of aromatic nitrogens is 4. The van der Waals surface area contributed by atoms with Gasteiger partial charge in [0.2, 0.25) is 0 Å². The molecular weight excluding hydrogens is 356 g/mol. The molecule has 0 spiro atoms. The molecule has 0 amide bonds. The maximum absolute atomic E-state index is 13.5. The predicted octanol–water partition coefficient (Wildman–Crippen LogP) is 4.14. The molecule has 2 aromatic rings. The summed E-state index contributed by atoms with van der Waals surface area (Å²) in [5, 5.41) is 9.42. The number of ketones is 1. The zero-order valence-electron chi connectivity index (χ0n) is 16.0. The van der Waals surface area contributed by atoms with Gasteiger partial charge in [-0.2, -0.15) is 0 Å². The molecule has 142 valence electrons. The normalized spacial score (nSPS) is 32.6. The van der Waals surface area contributed by atoms with Crippen molar-refractivity contribution in [2.24, 2.45) is 30.2 Å². The summed E-state index contributed by atoms with van der Waals surface area (Å²) < 4.78 is 1.98. The third-order valence-electron chi connectivity index (χ3n) is 6.97. The molecule has 4 fully saturated rings. The molecule has 0 saturated heterocycles. The van der Waals surface area contributed by atoms with Crippen LogP contribution in [0.2, 0.25) is 0 Å². The highest BCUT2D eigenvalue weighted by atomic mass is 32.2. The molecule has 2 aromatic heterocycles. The number of rotatable bonds is 5. The highest BCUT2D eigenvalue weighted by Gasteiger charge is 2.55. The first kappa shape index (κ1) is 17.4. The van der Waals surface area contributed by atoms with Crippen molar-refractivity contribution >= 4 is 17.5 Å². The Morgan fingerprint density at radius 1 is 1.19 bits per heavy atom. The van der Waals surface area contributed by atoms with E-state index in [1.165, 1.54) is 19.3 Å². The molecule has 4 bridgehead atoms. The summed E-state index contributed by atoms with van der Waals surface area (Å²) in [5.41, 5.74) is 0.894. The Bertz CT molecular complexity index is 827. The Kier molecular flexibility index (Phi) is 4.15. The lowest BCUT2D eigenvalue weighted by molar-refractivity contribution is -0.142. The Balaban J connectivity index is 1.35. The summed E-state index contributed by atoms with van der Waals surface area (Å²) in [6.07, 6.45) is 11.0. The van der Waals surface area contributed by atoms with E-state index in [9.17, 15) is 4.79 Å². The van der Waals surface area contributed by atoms with Crippen LogP contribution in [-0.4, -0.2) is 30.8 Å². The van der Waals surface area contributed by atoms with E-state index in [-0.39, 0.29) is 10.7 Å². The highest BCUT2D eigenvalue weighted by molar-refractivity contribution is 8.00. The van der Waals surface area contributed by atoms with Gasteiger partial charge in [-0.3, -0.25) is 9.78 Å². The molecule has 4 aliphatic carbocycles. The van der Waals surface area contributed by atoms with Crippen LogP contribution < -0.4 is 0 Å². The minimum Gasteiger partial charge on any atom is -0.305 e. The summed E-state index contributed by atoms with van der Waals surface area (Å²) in [6, 6.07) is 3.88. The van der Waals surface area contributed by atoms with E-state index in [0.717, 1.165) is 53.6 Å². The van der Waals surface area contributed by atoms with Crippen LogP contribution in [0.25, 0.3) is 11.4 Å². The monoisotopic (exact) mass is 382 g/mol. The summed E-state index contributed by atoms with van der Waals surface area (Å²) in [5.74, 6) is 3.64.